The third kappa shape index (κ3) is 4.07. The fourth-order valence-electron chi connectivity index (χ4n) is 2.32. The van der Waals surface area contributed by atoms with Crippen LogP contribution in [0.25, 0.3) is 0 Å². The number of aromatic nitrogens is 2. The van der Waals surface area contributed by atoms with Crippen molar-refractivity contribution in [2.45, 2.75) is 43.7 Å². The van der Waals surface area contributed by atoms with Gasteiger partial charge in [0.1, 0.15) is 11.6 Å². The first-order valence-electron chi connectivity index (χ1n) is 6.27. The Morgan fingerprint density at radius 3 is 2.41 bits per heavy atom. The van der Waals surface area contributed by atoms with Gasteiger partial charge in [0.05, 0.1) is 0 Å². The second-order valence-electron chi connectivity index (χ2n) is 4.64. The Bertz CT molecular complexity index is 343. The smallest absolute Gasteiger partial charge is 0.191 e. The normalized spacial score (nSPS) is 17.2. The summed E-state index contributed by atoms with van der Waals surface area (Å²) in [6.45, 7) is 0. The molecule has 0 amide bonds. The van der Waals surface area contributed by atoms with Crippen molar-refractivity contribution < 1.29 is 0 Å². The monoisotopic (exact) mass is 252 g/mol. The fraction of sp³-hybridized carbons (Fsp3) is 0.667. The van der Waals surface area contributed by atoms with E-state index in [1.165, 1.54) is 38.5 Å². The molecule has 1 fully saturated rings. The molecule has 0 radical (unpaired) electrons. The van der Waals surface area contributed by atoms with Gasteiger partial charge in [-0.1, -0.05) is 43.9 Å². The van der Waals surface area contributed by atoms with Crippen LogP contribution in [0.15, 0.2) is 11.2 Å². The maximum atomic E-state index is 5.63. The molecular weight excluding hydrogens is 232 g/mol. The highest BCUT2D eigenvalue weighted by atomic mass is 32.2. The Labute approximate surface area is 107 Å². The van der Waals surface area contributed by atoms with E-state index in [-0.39, 0.29) is 0 Å². The third-order valence-corrected chi connectivity index (χ3v) is 4.11. The van der Waals surface area contributed by atoms with E-state index >= 15 is 0 Å². The number of anilines is 2. The predicted octanol–water partition coefficient (Wildman–Crippen LogP) is 2.70. The molecule has 1 saturated carbocycles. The molecule has 1 aliphatic rings. The first-order valence-corrected chi connectivity index (χ1v) is 7.25. The van der Waals surface area contributed by atoms with Crippen molar-refractivity contribution in [3.63, 3.8) is 0 Å². The quantitative estimate of drug-likeness (QED) is 0.636. The van der Waals surface area contributed by atoms with Crippen LogP contribution in [-0.4, -0.2) is 15.7 Å². The van der Waals surface area contributed by atoms with Gasteiger partial charge < -0.3 is 11.5 Å². The molecule has 4 nitrogen and oxygen atoms in total. The summed E-state index contributed by atoms with van der Waals surface area (Å²) in [7, 11) is 0. The SMILES string of the molecule is Nc1cc(N)nc(SCCC2CCCCC2)n1. The van der Waals surface area contributed by atoms with E-state index in [0.29, 0.717) is 16.8 Å². The molecule has 5 heteroatoms. The lowest BCUT2D eigenvalue weighted by molar-refractivity contribution is 0.351. The number of rotatable bonds is 4. The molecule has 2 rings (SSSR count). The van der Waals surface area contributed by atoms with Gasteiger partial charge in [0.25, 0.3) is 0 Å². The number of thioether (sulfide) groups is 1. The van der Waals surface area contributed by atoms with Crippen LogP contribution >= 0.6 is 11.8 Å². The number of hydrogen-bond acceptors (Lipinski definition) is 5. The topological polar surface area (TPSA) is 77.8 Å². The van der Waals surface area contributed by atoms with E-state index in [4.69, 9.17) is 11.5 Å². The van der Waals surface area contributed by atoms with Crippen LogP contribution in [0.1, 0.15) is 38.5 Å². The molecule has 1 aliphatic carbocycles. The van der Waals surface area contributed by atoms with E-state index in [1.54, 1.807) is 17.8 Å². The first kappa shape index (κ1) is 12.5. The molecular formula is C12H20N4S. The first-order chi connectivity index (χ1) is 8.24. The van der Waals surface area contributed by atoms with Crippen LogP contribution in [0.5, 0.6) is 0 Å². The molecule has 0 saturated heterocycles. The van der Waals surface area contributed by atoms with Crippen LogP contribution in [0.4, 0.5) is 11.6 Å². The molecule has 0 aromatic carbocycles. The highest BCUT2D eigenvalue weighted by Crippen LogP contribution is 2.28. The maximum Gasteiger partial charge on any atom is 0.191 e. The minimum atomic E-state index is 0.456. The van der Waals surface area contributed by atoms with E-state index < -0.39 is 0 Å². The average Bonchev–Trinajstić information content (AvgIpc) is 2.29. The van der Waals surface area contributed by atoms with E-state index in [2.05, 4.69) is 9.97 Å². The van der Waals surface area contributed by atoms with E-state index in [9.17, 15) is 0 Å². The van der Waals surface area contributed by atoms with Gasteiger partial charge in [-0.15, -0.1) is 0 Å². The summed E-state index contributed by atoms with van der Waals surface area (Å²) in [6.07, 6.45) is 8.25. The Balaban J connectivity index is 1.77. The Morgan fingerprint density at radius 2 is 1.76 bits per heavy atom. The van der Waals surface area contributed by atoms with Gasteiger partial charge in [-0.2, -0.15) is 0 Å². The zero-order chi connectivity index (χ0) is 12.1. The second-order valence-corrected chi connectivity index (χ2v) is 5.70. The molecule has 0 aliphatic heterocycles. The summed E-state index contributed by atoms with van der Waals surface area (Å²) < 4.78 is 0. The van der Waals surface area contributed by atoms with Crippen LogP contribution in [0, 0.1) is 5.92 Å². The zero-order valence-electron chi connectivity index (χ0n) is 10.1. The van der Waals surface area contributed by atoms with E-state index in [0.717, 1.165) is 11.7 Å². The minimum absolute atomic E-state index is 0.456. The molecule has 0 bridgehead atoms. The standard InChI is InChI=1S/C12H20N4S/c13-10-8-11(14)16-12(15-10)17-7-6-9-4-2-1-3-5-9/h8-9H,1-7H2,(H4,13,14,15,16). The minimum Gasteiger partial charge on any atom is -0.383 e. The molecule has 1 aromatic heterocycles. The van der Waals surface area contributed by atoms with Gasteiger partial charge in [0.2, 0.25) is 0 Å². The van der Waals surface area contributed by atoms with Gasteiger partial charge in [-0.25, -0.2) is 9.97 Å². The van der Waals surface area contributed by atoms with Crippen LogP contribution in [-0.2, 0) is 0 Å². The van der Waals surface area contributed by atoms with Crippen LogP contribution in [0.2, 0.25) is 0 Å². The van der Waals surface area contributed by atoms with Crippen molar-refractivity contribution in [1.82, 2.24) is 9.97 Å². The molecule has 94 valence electrons. The second kappa shape index (κ2) is 6.10. The lowest BCUT2D eigenvalue weighted by Crippen LogP contribution is -2.07. The van der Waals surface area contributed by atoms with Crippen molar-refractivity contribution >= 4 is 23.4 Å². The number of hydrogen-bond donors (Lipinski definition) is 2. The Hall–Kier alpha value is -0.970. The highest BCUT2D eigenvalue weighted by Gasteiger charge is 2.13. The average molecular weight is 252 g/mol. The maximum absolute atomic E-state index is 5.63. The molecule has 0 spiro atoms. The number of nitrogen functional groups attached to an aromatic ring is 2. The zero-order valence-corrected chi connectivity index (χ0v) is 10.9. The van der Waals surface area contributed by atoms with Crippen molar-refractivity contribution in [2.24, 2.45) is 5.92 Å². The van der Waals surface area contributed by atoms with Gasteiger partial charge in [0, 0.05) is 11.8 Å². The number of nitrogens with zero attached hydrogens (tertiary/aromatic N) is 2. The van der Waals surface area contributed by atoms with Gasteiger partial charge in [-0.05, 0) is 12.3 Å². The summed E-state index contributed by atoms with van der Waals surface area (Å²) in [5, 5.41) is 0.707. The van der Waals surface area contributed by atoms with E-state index in [1.807, 2.05) is 0 Å². The van der Waals surface area contributed by atoms with Crippen molar-refractivity contribution in [2.75, 3.05) is 17.2 Å². The van der Waals surface area contributed by atoms with Gasteiger partial charge in [0.15, 0.2) is 5.16 Å². The van der Waals surface area contributed by atoms with Crippen LogP contribution in [0.3, 0.4) is 0 Å². The molecule has 0 unspecified atom stereocenters. The highest BCUT2D eigenvalue weighted by molar-refractivity contribution is 7.99. The van der Waals surface area contributed by atoms with Gasteiger partial charge in [-0.3, -0.25) is 0 Å². The molecule has 0 atom stereocenters. The fourth-order valence-corrected chi connectivity index (χ4v) is 3.29. The molecule has 1 heterocycles. The van der Waals surface area contributed by atoms with Gasteiger partial charge >= 0.3 is 0 Å². The van der Waals surface area contributed by atoms with Crippen molar-refractivity contribution in [3.8, 4) is 0 Å². The summed E-state index contributed by atoms with van der Waals surface area (Å²) in [5.41, 5.74) is 11.3. The summed E-state index contributed by atoms with van der Waals surface area (Å²) in [6, 6.07) is 1.59. The largest absolute Gasteiger partial charge is 0.383 e. The van der Waals surface area contributed by atoms with Crippen LogP contribution < -0.4 is 11.5 Å². The molecule has 4 N–H and O–H groups in total. The molecule has 17 heavy (non-hydrogen) atoms. The van der Waals surface area contributed by atoms with Crippen molar-refractivity contribution in [1.29, 1.82) is 0 Å². The lowest BCUT2D eigenvalue weighted by atomic mass is 9.88. The summed E-state index contributed by atoms with van der Waals surface area (Å²) >= 11 is 1.66. The third-order valence-electron chi connectivity index (χ3n) is 3.23. The summed E-state index contributed by atoms with van der Waals surface area (Å²) in [4.78, 5) is 8.33. The Kier molecular flexibility index (Phi) is 4.48. The number of nitrogens with two attached hydrogens (primary N) is 2. The van der Waals surface area contributed by atoms with Crippen molar-refractivity contribution in [3.05, 3.63) is 6.07 Å². The lowest BCUT2D eigenvalue weighted by Gasteiger charge is -2.20. The summed E-state index contributed by atoms with van der Waals surface area (Å²) in [5.74, 6) is 2.87. The Morgan fingerprint density at radius 1 is 1.12 bits per heavy atom. The predicted molar refractivity (Wildman–Crippen MR) is 72.8 cm³/mol. The molecule has 1 aromatic rings.